The van der Waals surface area contributed by atoms with Gasteiger partial charge in [-0.15, -0.1) is 0 Å². The number of hydrogen-bond acceptors (Lipinski definition) is 4. The molecule has 0 aromatic carbocycles. The van der Waals surface area contributed by atoms with Gasteiger partial charge in [0.2, 0.25) is 0 Å². The van der Waals surface area contributed by atoms with Crippen LogP contribution in [0.4, 0.5) is 0 Å². The molecule has 1 N–H and O–H groups in total. The van der Waals surface area contributed by atoms with Gasteiger partial charge in [-0.1, -0.05) is 25.0 Å². The van der Waals surface area contributed by atoms with Crippen LogP contribution in [0.25, 0.3) is 0 Å². The summed E-state index contributed by atoms with van der Waals surface area (Å²) in [4.78, 5) is 6.37. The van der Waals surface area contributed by atoms with Gasteiger partial charge in [-0.25, -0.2) is 0 Å². The number of aliphatic hydroxyl groups excluding tert-OH is 1. The van der Waals surface area contributed by atoms with Crippen molar-refractivity contribution in [1.82, 2.24) is 4.90 Å². The molecular formula is C14H26N2O2. The molecule has 1 unspecified atom stereocenters. The molecule has 0 aromatic rings. The predicted molar refractivity (Wildman–Crippen MR) is 75.0 cm³/mol. The molecule has 1 heterocycles. The van der Waals surface area contributed by atoms with Crippen LogP contribution in [0.1, 0.15) is 32.6 Å². The van der Waals surface area contributed by atoms with Gasteiger partial charge in [0, 0.05) is 19.5 Å². The Bertz CT molecular complexity index is 298. The molecule has 18 heavy (non-hydrogen) atoms. The van der Waals surface area contributed by atoms with E-state index in [4.69, 9.17) is 4.74 Å². The zero-order chi connectivity index (χ0) is 13.4. The smallest absolute Gasteiger partial charge is 0.187 e. The standard InChI is InChI=1S/C14H26N2O2/c1-4-5-12-6-7-14(15-9-8-12)18-11-13(17)10-16(2)3/h6,13,17H,4-5,7-11H2,1-3H3. The molecule has 0 spiro atoms. The van der Waals surface area contributed by atoms with Gasteiger partial charge in [-0.05, 0) is 26.9 Å². The fourth-order valence-electron chi connectivity index (χ4n) is 2.04. The fraction of sp³-hybridized carbons (Fsp3) is 0.786. The van der Waals surface area contributed by atoms with Crippen LogP contribution < -0.4 is 0 Å². The van der Waals surface area contributed by atoms with Crippen molar-refractivity contribution in [3.05, 3.63) is 11.6 Å². The van der Waals surface area contributed by atoms with E-state index >= 15 is 0 Å². The van der Waals surface area contributed by atoms with Crippen LogP contribution in [0, 0.1) is 0 Å². The first-order valence-electron chi connectivity index (χ1n) is 6.78. The number of nitrogens with zero attached hydrogens (tertiary/aromatic N) is 2. The molecule has 0 aliphatic carbocycles. The Kier molecular flexibility index (Phi) is 6.98. The SMILES string of the molecule is CCCC1=CCC(OCC(O)CN(C)C)=NCC1. The van der Waals surface area contributed by atoms with Gasteiger partial charge < -0.3 is 14.7 Å². The lowest BCUT2D eigenvalue weighted by molar-refractivity contribution is 0.0772. The summed E-state index contributed by atoms with van der Waals surface area (Å²) in [6.07, 6.45) is 5.93. The second kappa shape index (κ2) is 8.27. The average molecular weight is 254 g/mol. The highest BCUT2D eigenvalue weighted by atomic mass is 16.5. The van der Waals surface area contributed by atoms with E-state index in [-0.39, 0.29) is 0 Å². The maximum atomic E-state index is 9.72. The first-order valence-corrected chi connectivity index (χ1v) is 6.78. The first kappa shape index (κ1) is 15.2. The summed E-state index contributed by atoms with van der Waals surface area (Å²) in [6.45, 7) is 3.95. The van der Waals surface area contributed by atoms with Crippen molar-refractivity contribution in [2.75, 3.05) is 33.8 Å². The fourth-order valence-corrected chi connectivity index (χ4v) is 2.04. The summed E-state index contributed by atoms with van der Waals surface area (Å²) >= 11 is 0. The highest BCUT2D eigenvalue weighted by Gasteiger charge is 2.10. The zero-order valence-corrected chi connectivity index (χ0v) is 11.9. The lowest BCUT2D eigenvalue weighted by Crippen LogP contribution is -2.30. The van der Waals surface area contributed by atoms with Crippen LogP contribution in [-0.2, 0) is 4.74 Å². The maximum Gasteiger partial charge on any atom is 0.187 e. The van der Waals surface area contributed by atoms with Crippen molar-refractivity contribution in [3.63, 3.8) is 0 Å². The molecule has 1 rings (SSSR count). The molecule has 0 bridgehead atoms. The average Bonchev–Trinajstić information content (AvgIpc) is 2.52. The molecule has 1 aliphatic heterocycles. The summed E-state index contributed by atoms with van der Waals surface area (Å²) in [7, 11) is 3.87. The molecule has 0 amide bonds. The van der Waals surface area contributed by atoms with Crippen molar-refractivity contribution in [2.24, 2.45) is 4.99 Å². The number of aliphatic imine (C=N–C) groups is 1. The number of aliphatic hydroxyl groups is 1. The van der Waals surface area contributed by atoms with Crippen molar-refractivity contribution in [1.29, 1.82) is 0 Å². The van der Waals surface area contributed by atoms with Crippen LogP contribution in [0.2, 0.25) is 0 Å². The molecule has 0 saturated heterocycles. The predicted octanol–water partition coefficient (Wildman–Crippen LogP) is 1.84. The minimum Gasteiger partial charge on any atom is -0.478 e. The Morgan fingerprint density at radius 2 is 2.28 bits per heavy atom. The third kappa shape index (κ3) is 6.17. The van der Waals surface area contributed by atoms with E-state index in [1.54, 1.807) is 0 Å². The Hall–Kier alpha value is -0.870. The monoisotopic (exact) mass is 254 g/mol. The molecule has 1 aliphatic rings. The summed E-state index contributed by atoms with van der Waals surface area (Å²) in [5.74, 6) is 0.763. The highest BCUT2D eigenvalue weighted by molar-refractivity contribution is 5.78. The number of likely N-dealkylation sites (N-methyl/N-ethyl adjacent to an activating group) is 1. The molecule has 0 radical (unpaired) electrons. The summed E-state index contributed by atoms with van der Waals surface area (Å²) in [5.41, 5.74) is 1.48. The minimum atomic E-state index is -0.454. The highest BCUT2D eigenvalue weighted by Crippen LogP contribution is 2.14. The van der Waals surface area contributed by atoms with E-state index < -0.39 is 6.10 Å². The Morgan fingerprint density at radius 3 is 2.94 bits per heavy atom. The van der Waals surface area contributed by atoms with Crippen molar-refractivity contribution < 1.29 is 9.84 Å². The molecule has 0 aromatic heterocycles. The Labute approximate surface area is 110 Å². The molecule has 104 valence electrons. The molecular weight excluding hydrogens is 228 g/mol. The lowest BCUT2D eigenvalue weighted by atomic mass is 10.1. The van der Waals surface area contributed by atoms with Crippen LogP contribution >= 0.6 is 0 Å². The van der Waals surface area contributed by atoms with Crippen molar-refractivity contribution >= 4 is 5.90 Å². The quantitative estimate of drug-likeness (QED) is 0.736. The lowest BCUT2D eigenvalue weighted by Gasteiger charge is -2.16. The van der Waals surface area contributed by atoms with Crippen molar-refractivity contribution in [2.45, 2.75) is 38.7 Å². The van der Waals surface area contributed by atoms with E-state index in [2.05, 4.69) is 18.0 Å². The third-order valence-electron chi connectivity index (χ3n) is 2.88. The summed E-state index contributed by atoms with van der Waals surface area (Å²) < 4.78 is 5.58. The maximum absolute atomic E-state index is 9.72. The van der Waals surface area contributed by atoms with E-state index in [1.165, 1.54) is 12.0 Å². The largest absolute Gasteiger partial charge is 0.478 e. The van der Waals surface area contributed by atoms with Gasteiger partial charge >= 0.3 is 0 Å². The zero-order valence-electron chi connectivity index (χ0n) is 11.9. The van der Waals surface area contributed by atoms with Crippen LogP contribution in [-0.4, -0.2) is 55.8 Å². The normalized spacial score (nSPS) is 18.1. The number of ether oxygens (including phenoxy) is 1. The molecule has 4 nitrogen and oxygen atoms in total. The number of hydrogen-bond donors (Lipinski definition) is 1. The van der Waals surface area contributed by atoms with Gasteiger partial charge in [-0.2, -0.15) is 0 Å². The van der Waals surface area contributed by atoms with E-state index in [0.717, 1.165) is 31.7 Å². The summed E-state index contributed by atoms with van der Waals surface area (Å²) in [6, 6.07) is 0. The van der Waals surface area contributed by atoms with Gasteiger partial charge in [0.25, 0.3) is 0 Å². The molecule has 0 saturated carbocycles. The van der Waals surface area contributed by atoms with Gasteiger partial charge in [-0.3, -0.25) is 4.99 Å². The number of rotatable bonds is 6. The summed E-state index contributed by atoms with van der Waals surface area (Å²) in [5, 5.41) is 9.72. The van der Waals surface area contributed by atoms with E-state index in [1.807, 2.05) is 19.0 Å². The first-order chi connectivity index (χ1) is 8.61. The van der Waals surface area contributed by atoms with Gasteiger partial charge in [0.05, 0.1) is 0 Å². The van der Waals surface area contributed by atoms with Gasteiger partial charge in [0.15, 0.2) is 5.90 Å². The van der Waals surface area contributed by atoms with Crippen LogP contribution in [0.5, 0.6) is 0 Å². The van der Waals surface area contributed by atoms with Gasteiger partial charge in [0.1, 0.15) is 12.7 Å². The second-order valence-electron chi connectivity index (χ2n) is 5.07. The molecule has 1 atom stereocenters. The molecule has 0 fully saturated rings. The molecule has 4 heteroatoms. The topological polar surface area (TPSA) is 45.1 Å². The van der Waals surface area contributed by atoms with Crippen LogP contribution in [0.15, 0.2) is 16.6 Å². The van der Waals surface area contributed by atoms with Crippen molar-refractivity contribution in [3.8, 4) is 0 Å². The second-order valence-corrected chi connectivity index (χ2v) is 5.07. The van der Waals surface area contributed by atoms with E-state index in [0.29, 0.717) is 13.2 Å². The Balaban J connectivity index is 2.32. The Morgan fingerprint density at radius 1 is 1.50 bits per heavy atom. The third-order valence-corrected chi connectivity index (χ3v) is 2.88. The van der Waals surface area contributed by atoms with E-state index in [9.17, 15) is 5.11 Å². The minimum absolute atomic E-state index is 0.327. The van der Waals surface area contributed by atoms with Crippen LogP contribution in [0.3, 0.4) is 0 Å².